The largest absolute Gasteiger partial charge is 0.379 e. The molecule has 0 aromatic heterocycles. The summed E-state index contributed by atoms with van der Waals surface area (Å²) in [6.45, 7) is 1.96. The number of nitrogens with two attached hydrogens (primary N) is 2. The van der Waals surface area contributed by atoms with Crippen LogP contribution in [0.1, 0.15) is 13.3 Å². The van der Waals surface area contributed by atoms with Crippen LogP contribution in [0.5, 0.6) is 0 Å². The molecular formula is C4H11N3S. The third-order valence-corrected chi connectivity index (χ3v) is 1.57. The Morgan fingerprint density at radius 3 is 2.50 bits per heavy atom. The van der Waals surface area contributed by atoms with Gasteiger partial charge >= 0.3 is 0 Å². The second-order valence-corrected chi connectivity index (χ2v) is 2.71. The van der Waals surface area contributed by atoms with E-state index in [0.29, 0.717) is 0 Å². The summed E-state index contributed by atoms with van der Waals surface area (Å²) >= 11 is 1.19. The van der Waals surface area contributed by atoms with E-state index in [4.69, 9.17) is 16.9 Å². The van der Waals surface area contributed by atoms with Crippen LogP contribution in [-0.2, 0) is 0 Å². The van der Waals surface area contributed by atoms with E-state index in [0.717, 1.165) is 6.42 Å². The lowest BCUT2D eigenvalue weighted by Crippen LogP contribution is -2.19. The molecule has 48 valence electrons. The quantitative estimate of drug-likeness (QED) is 0.288. The lowest BCUT2D eigenvalue weighted by molar-refractivity contribution is 0.873. The van der Waals surface area contributed by atoms with Gasteiger partial charge in [-0.3, -0.25) is 5.41 Å². The van der Waals surface area contributed by atoms with E-state index in [2.05, 4.69) is 0 Å². The van der Waals surface area contributed by atoms with Gasteiger partial charge in [0.1, 0.15) is 0 Å². The van der Waals surface area contributed by atoms with Crippen LogP contribution in [0.3, 0.4) is 0 Å². The zero-order chi connectivity index (χ0) is 6.57. The Hall–Kier alpha value is -0.220. The molecule has 1 unspecified atom stereocenters. The van der Waals surface area contributed by atoms with Crippen LogP contribution in [0.4, 0.5) is 0 Å². The molecule has 0 amide bonds. The second-order valence-electron chi connectivity index (χ2n) is 1.43. The number of nitrogens with one attached hydrogen (secondary N) is 1. The summed E-state index contributed by atoms with van der Waals surface area (Å²) in [5.74, 6) is 0. The number of amidine groups is 1. The van der Waals surface area contributed by atoms with Crippen molar-refractivity contribution in [3.63, 3.8) is 0 Å². The van der Waals surface area contributed by atoms with Crippen LogP contribution in [0, 0.1) is 5.41 Å². The van der Waals surface area contributed by atoms with E-state index in [-0.39, 0.29) is 10.5 Å². The normalized spacial score (nSPS) is 13.2. The summed E-state index contributed by atoms with van der Waals surface area (Å²) in [7, 11) is 0. The van der Waals surface area contributed by atoms with Gasteiger partial charge in [-0.25, -0.2) is 0 Å². The first-order chi connectivity index (χ1) is 3.66. The Bertz CT molecular complexity index is 83.4. The molecule has 3 nitrogen and oxygen atoms in total. The van der Waals surface area contributed by atoms with Crippen molar-refractivity contribution in [2.24, 2.45) is 11.5 Å². The van der Waals surface area contributed by atoms with Crippen LogP contribution >= 0.6 is 11.8 Å². The van der Waals surface area contributed by atoms with Crippen molar-refractivity contribution in [3.05, 3.63) is 0 Å². The number of thioether (sulfide) groups is 1. The topological polar surface area (TPSA) is 75.9 Å². The molecule has 0 saturated carbocycles. The first kappa shape index (κ1) is 7.78. The van der Waals surface area contributed by atoms with E-state index in [1.165, 1.54) is 11.8 Å². The molecule has 0 aliphatic rings. The SMILES string of the molecule is CCC(N)SC(=N)N. The molecule has 8 heavy (non-hydrogen) atoms. The van der Waals surface area contributed by atoms with E-state index < -0.39 is 0 Å². The standard InChI is InChI=1S/C4H11N3S/c1-2-3(5)8-4(6)7/h3H,2,5H2,1H3,(H3,6,7). The van der Waals surface area contributed by atoms with Gasteiger partial charge < -0.3 is 11.5 Å². The highest BCUT2D eigenvalue weighted by atomic mass is 32.2. The van der Waals surface area contributed by atoms with Crippen molar-refractivity contribution >= 4 is 16.9 Å². The molecule has 0 aliphatic heterocycles. The fourth-order valence-corrected chi connectivity index (χ4v) is 0.739. The Morgan fingerprint density at radius 1 is 1.88 bits per heavy atom. The molecule has 0 fully saturated rings. The van der Waals surface area contributed by atoms with Gasteiger partial charge in [0, 0.05) is 0 Å². The molecule has 0 heterocycles. The molecule has 1 atom stereocenters. The van der Waals surface area contributed by atoms with Gasteiger partial charge in [-0.05, 0) is 6.42 Å². The fraction of sp³-hybridized carbons (Fsp3) is 0.750. The van der Waals surface area contributed by atoms with Crippen LogP contribution in [-0.4, -0.2) is 10.5 Å². The van der Waals surface area contributed by atoms with Gasteiger partial charge in [-0.15, -0.1) is 0 Å². The van der Waals surface area contributed by atoms with Crippen molar-refractivity contribution < 1.29 is 0 Å². The Morgan fingerprint density at radius 2 is 2.38 bits per heavy atom. The molecule has 0 saturated heterocycles. The van der Waals surface area contributed by atoms with Gasteiger partial charge in [0.25, 0.3) is 0 Å². The third-order valence-electron chi connectivity index (χ3n) is 0.681. The van der Waals surface area contributed by atoms with Crippen molar-refractivity contribution in [1.82, 2.24) is 0 Å². The average molecular weight is 133 g/mol. The molecule has 0 aromatic rings. The second kappa shape index (κ2) is 3.74. The summed E-state index contributed by atoms with van der Waals surface area (Å²) in [6.07, 6.45) is 0.851. The average Bonchev–Trinajstić information content (AvgIpc) is 1.65. The van der Waals surface area contributed by atoms with Crippen LogP contribution in [0.15, 0.2) is 0 Å². The Kier molecular flexibility index (Phi) is 3.64. The van der Waals surface area contributed by atoms with Gasteiger partial charge in [0.05, 0.1) is 5.37 Å². The molecule has 0 bridgehead atoms. The monoisotopic (exact) mass is 133 g/mol. The molecule has 0 radical (unpaired) electrons. The number of hydrogen-bond acceptors (Lipinski definition) is 3. The molecular weight excluding hydrogens is 122 g/mol. The first-order valence-corrected chi connectivity index (χ1v) is 3.31. The number of rotatable bonds is 2. The summed E-state index contributed by atoms with van der Waals surface area (Å²) in [4.78, 5) is 0. The summed E-state index contributed by atoms with van der Waals surface area (Å²) in [5.41, 5.74) is 10.5. The Labute approximate surface area is 53.3 Å². The van der Waals surface area contributed by atoms with Crippen LogP contribution in [0.25, 0.3) is 0 Å². The minimum absolute atomic E-state index is 0.00694. The predicted molar refractivity (Wildman–Crippen MR) is 37.8 cm³/mol. The maximum Gasteiger partial charge on any atom is 0.152 e. The highest BCUT2D eigenvalue weighted by Crippen LogP contribution is 2.05. The maximum atomic E-state index is 6.79. The smallest absolute Gasteiger partial charge is 0.152 e. The molecule has 0 rings (SSSR count). The Balaban J connectivity index is 3.24. The van der Waals surface area contributed by atoms with Crippen molar-refractivity contribution in [2.45, 2.75) is 18.7 Å². The van der Waals surface area contributed by atoms with E-state index >= 15 is 0 Å². The minimum atomic E-state index is -0.00694. The molecule has 0 aliphatic carbocycles. The predicted octanol–water partition coefficient (Wildman–Crippen LogP) is 0.308. The van der Waals surface area contributed by atoms with Gasteiger partial charge in [0.2, 0.25) is 0 Å². The van der Waals surface area contributed by atoms with E-state index in [9.17, 15) is 0 Å². The highest BCUT2D eigenvalue weighted by molar-refractivity contribution is 8.14. The van der Waals surface area contributed by atoms with Gasteiger partial charge in [0.15, 0.2) is 5.17 Å². The van der Waals surface area contributed by atoms with Crippen molar-refractivity contribution in [3.8, 4) is 0 Å². The summed E-state index contributed by atoms with van der Waals surface area (Å²) < 4.78 is 0. The maximum absolute atomic E-state index is 6.79. The van der Waals surface area contributed by atoms with Crippen molar-refractivity contribution in [2.75, 3.05) is 0 Å². The lowest BCUT2D eigenvalue weighted by Gasteiger charge is -2.03. The highest BCUT2D eigenvalue weighted by Gasteiger charge is 1.98. The zero-order valence-electron chi connectivity index (χ0n) is 4.85. The molecule has 0 aromatic carbocycles. The van der Waals surface area contributed by atoms with Gasteiger partial charge in [-0.2, -0.15) is 0 Å². The summed E-state index contributed by atoms with van der Waals surface area (Å²) in [5, 5.41) is 6.88. The van der Waals surface area contributed by atoms with E-state index in [1.54, 1.807) is 0 Å². The molecule has 4 heteroatoms. The molecule has 0 spiro atoms. The van der Waals surface area contributed by atoms with Crippen molar-refractivity contribution in [1.29, 1.82) is 5.41 Å². The van der Waals surface area contributed by atoms with Crippen LogP contribution in [0.2, 0.25) is 0 Å². The summed E-state index contributed by atoms with van der Waals surface area (Å²) in [6, 6.07) is 0. The zero-order valence-corrected chi connectivity index (χ0v) is 5.66. The third kappa shape index (κ3) is 3.95. The van der Waals surface area contributed by atoms with Gasteiger partial charge in [-0.1, -0.05) is 18.7 Å². The first-order valence-electron chi connectivity index (χ1n) is 2.43. The lowest BCUT2D eigenvalue weighted by atomic mass is 10.5. The molecule has 5 N–H and O–H groups in total. The number of hydrogen-bond donors (Lipinski definition) is 3. The minimum Gasteiger partial charge on any atom is -0.379 e. The fourth-order valence-electron chi connectivity index (χ4n) is 0.246. The van der Waals surface area contributed by atoms with E-state index in [1.807, 2.05) is 6.92 Å². The van der Waals surface area contributed by atoms with Crippen LogP contribution < -0.4 is 11.5 Å².